The van der Waals surface area contributed by atoms with Gasteiger partial charge in [0.05, 0.1) is 12.2 Å². The molecular formula is C32H42IrNO2-. The molecule has 197 valence electrons. The van der Waals surface area contributed by atoms with Gasteiger partial charge >= 0.3 is 0 Å². The smallest absolute Gasteiger partial charge is 0.0626 e. The van der Waals surface area contributed by atoms with Crippen LogP contribution in [0.2, 0.25) is 0 Å². The molecule has 0 saturated heterocycles. The quantitative estimate of drug-likeness (QED) is 0.295. The Morgan fingerprint density at radius 2 is 1.61 bits per heavy atom. The van der Waals surface area contributed by atoms with Crippen molar-refractivity contribution in [3.63, 3.8) is 0 Å². The molecule has 2 aliphatic carbocycles. The SMILES string of the molecule is CC(C)[C@H]1CCCC2C[C@H](C(C)C)C(O)C2C1O.Cc1ccc2cnc(-c3[c-]cccc3)cc2c1.[Ir]. The second-order valence-electron chi connectivity index (χ2n) is 11.5. The molecule has 36 heavy (non-hydrogen) atoms. The molecule has 5 rings (SSSR count). The third-order valence-electron chi connectivity index (χ3n) is 8.47. The molecule has 2 N–H and O–H groups in total. The monoisotopic (exact) mass is 665 g/mol. The Kier molecular flexibility index (Phi) is 10.3. The molecule has 1 radical (unpaired) electrons. The minimum atomic E-state index is -0.295. The Morgan fingerprint density at radius 1 is 0.889 bits per heavy atom. The normalized spacial score (nSPS) is 27.7. The van der Waals surface area contributed by atoms with E-state index in [0.29, 0.717) is 29.6 Å². The molecule has 2 aliphatic rings. The zero-order chi connectivity index (χ0) is 25.1. The molecule has 3 nitrogen and oxygen atoms in total. The Labute approximate surface area is 231 Å². The van der Waals surface area contributed by atoms with Crippen LogP contribution in [0.25, 0.3) is 22.0 Å². The second kappa shape index (κ2) is 12.8. The van der Waals surface area contributed by atoms with Gasteiger partial charge in [-0.05, 0) is 72.2 Å². The summed E-state index contributed by atoms with van der Waals surface area (Å²) in [6.45, 7) is 10.9. The zero-order valence-electron chi connectivity index (χ0n) is 22.3. The first-order valence-corrected chi connectivity index (χ1v) is 13.5. The molecule has 4 unspecified atom stereocenters. The van der Waals surface area contributed by atoms with Gasteiger partial charge in [0, 0.05) is 32.2 Å². The van der Waals surface area contributed by atoms with Gasteiger partial charge in [-0.1, -0.05) is 63.9 Å². The van der Waals surface area contributed by atoms with Crippen molar-refractivity contribution < 1.29 is 30.3 Å². The van der Waals surface area contributed by atoms with Crippen LogP contribution in [0, 0.1) is 48.5 Å². The molecule has 1 aromatic heterocycles. The predicted molar refractivity (Wildman–Crippen MR) is 145 cm³/mol. The molecule has 2 fully saturated rings. The zero-order valence-corrected chi connectivity index (χ0v) is 24.7. The van der Waals surface area contributed by atoms with Crippen molar-refractivity contribution in [1.29, 1.82) is 0 Å². The fraction of sp³-hybridized carbons (Fsp3) is 0.531. The van der Waals surface area contributed by atoms with Crippen molar-refractivity contribution in [3.05, 3.63) is 66.4 Å². The van der Waals surface area contributed by atoms with Crippen molar-refractivity contribution in [2.75, 3.05) is 0 Å². The fourth-order valence-electron chi connectivity index (χ4n) is 6.43. The van der Waals surface area contributed by atoms with Crippen LogP contribution < -0.4 is 0 Å². The standard InChI is InChI=1S/C16H12N.C16H30O2.Ir/c1-12-7-8-14-11-17-16(10-15(14)9-12)13-5-3-2-4-6-13;1-9(2)12-7-5-6-11-8-13(10(3)4)16(18)14(11)15(12)17;/h2-5,7-11H,1H3;9-18H,5-8H2,1-4H3;/q-1;;/t;11?,12-,13-,14?,15?,16?;/m.1./s1. The van der Waals surface area contributed by atoms with E-state index in [9.17, 15) is 10.2 Å². The molecule has 1 heterocycles. The largest absolute Gasteiger partial charge is 0.392 e. The summed E-state index contributed by atoms with van der Waals surface area (Å²) >= 11 is 0. The number of pyridine rings is 1. The number of aliphatic hydroxyl groups is 2. The van der Waals surface area contributed by atoms with Crippen molar-refractivity contribution in [2.45, 2.75) is 72.5 Å². The first-order valence-electron chi connectivity index (χ1n) is 13.5. The molecule has 3 aromatic rings. The molecule has 6 atom stereocenters. The van der Waals surface area contributed by atoms with Gasteiger partial charge in [-0.2, -0.15) is 0 Å². The number of hydrogen-bond donors (Lipinski definition) is 2. The molecule has 0 amide bonds. The summed E-state index contributed by atoms with van der Waals surface area (Å²) in [7, 11) is 0. The van der Waals surface area contributed by atoms with Gasteiger partial charge in [-0.25, -0.2) is 0 Å². The van der Waals surface area contributed by atoms with E-state index in [2.05, 4.69) is 69.9 Å². The average Bonchev–Trinajstić information content (AvgIpc) is 3.08. The maximum atomic E-state index is 10.7. The van der Waals surface area contributed by atoms with Crippen LogP contribution >= 0.6 is 0 Å². The van der Waals surface area contributed by atoms with Crippen molar-refractivity contribution in [3.8, 4) is 11.3 Å². The number of aromatic nitrogens is 1. The van der Waals surface area contributed by atoms with E-state index in [1.165, 1.54) is 29.2 Å². The maximum Gasteiger partial charge on any atom is 0.0626 e. The number of nitrogens with zero attached hydrogens (tertiary/aromatic N) is 1. The first kappa shape index (κ1) is 29.0. The maximum absolute atomic E-state index is 10.7. The Hall–Kier alpha value is -1.58. The number of fused-ring (bicyclic) bond motifs is 2. The summed E-state index contributed by atoms with van der Waals surface area (Å²) in [4.78, 5) is 4.48. The second-order valence-corrected chi connectivity index (χ2v) is 11.5. The number of rotatable bonds is 3. The van der Waals surface area contributed by atoms with Gasteiger partial charge in [0.15, 0.2) is 0 Å². The van der Waals surface area contributed by atoms with E-state index >= 15 is 0 Å². The molecule has 2 saturated carbocycles. The Balaban J connectivity index is 0.000000195. The van der Waals surface area contributed by atoms with Gasteiger partial charge in [0.1, 0.15) is 0 Å². The van der Waals surface area contributed by atoms with Crippen LogP contribution in [-0.4, -0.2) is 27.4 Å². The van der Waals surface area contributed by atoms with Crippen molar-refractivity contribution in [1.82, 2.24) is 4.98 Å². The summed E-state index contributed by atoms with van der Waals surface area (Å²) in [5.74, 6) is 2.49. The summed E-state index contributed by atoms with van der Waals surface area (Å²) in [6, 6.07) is 19.6. The van der Waals surface area contributed by atoms with Gasteiger partial charge in [0.25, 0.3) is 0 Å². The van der Waals surface area contributed by atoms with Crippen LogP contribution in [0.15, 0.2) is 54.7 Å². The van der Waals surface area contributed by atoms with Crippen LogP contribution in [-0.2, 0) is 20.1 Å². The minimum Gasteiger partial charge on any atom is -0.392 e. The average molecular weight is 665 g/mol. The van der Waals surface area contributed by atoms with Crippen molar-refractivity contribution in [2.24, 2.45) is 35.5 Å². The summed E-state index contributed by atoms with van der Waals surface area (Å²) < 4.78 is 0. The summed E-state index contributed by atoms with van der Waals surface area (Å²) in [5, 5.41) is 23.7. The third kappa shape index (κ3) is 6.45. The number of benzene rings is 2. The molecule has 0 bridgehead atoms. The minimum absolute atomic E-state index is 0. The van der Waals surface area contributed by atoms with E-state index in [0.717, 1.165) is 24.1 Å². The van der Waals surface area contributed by atoms with E-state index in [1.54, 1.807) is 0 Å². The number of aliphatic hydroxyl groups excluding tert-OH is 2. The van der Waals surface area contributed by atoms with E-state index in [-0.39, 0.29) is 38.2 Å². The number of hydrogen-bond acceptors (Lipinski definition) is 3. The van der Waals surface area contributed by atoms with E-state index in [1.807, 2.05) is 30.5 Å². The molecular weight excluding hydrogens is 623 g/mol. The molecule has 2 aromatic carbocycles. The van der Waals surface area contributed by atoms with Gasteiger partial charge in [-0.15, -0.1) is 35.9 Å². The predicted octanol–water partition coefficient (Wildman–Crippen LogP) is 7.08. The van der Waals surface area contributed by atoms with Gasteiger partial charge < -0.3 is 15.2 Å². The number of aryl methyl sites for hydroxylation is 1. The molecule has 4 heteroatoms. The molecule has 0 spiro atoms. The summed E-state index contributed by atoms with van der Waals surface area (Å²) in [5.41, 5.74) is 3.28. The van der Waals surface area contributed by atoms with Crippen LogP contribution in [0.5, 0.6) is 0 Å². The van der Waals surface area contributed by atoms with Gasteiger partial charge in [-0.3, -0.25) is 0 Å². The van der Waals surface area contributed by atoms with Crippen LogP contribution in [0.1, 0.15) is 58.9 Å². The van der Waals surface area contributed by atoms with Crippen LogP contribution in [0.4, 0.5) is 0 Å². The first-order chi connectivity index (χ1) is 16.8. The Bertz CT molecular complexity index is 1100. The van der Waals surface area contributed by atoms with Crippen LogP contribution in [0.3, 0.4) is 0 Å². The van der Waals surface area contributed by atoms with E-state index < -0.39 is 0 Å². The Morgan fingerprint density at radius 3 is 2.28 bits per heavy atom. The molecule has 0 aliphatic heterocycles. The van der Waals surface area contributed by atoms with E-state index in [4.69, 9.17) is 0 Å². The fourth-order valence-corrected chi connectivity index (χ4v) is 6.43. The summed E-state index contributed by atoms with van der Waals surface area (Å²) in [6.07, 6.45) is 6.01. The van der Waals surface area contributed by atoms with Crippen molar-refractivity contribution >= 4 is 10.8 Å². The van der Waals surface area contributed by atoms with Gasteiger partial charge in [0.2, 0.25) is 0 Å². The third-order valence-corrected chi connectivity index (χ3v) is 8.47. The topological polar surface area (TPSA) is 53.4 Å².